The first-order chi connectivity index (χ1) is 8.91. The third kappa shape index (κ3) is 4.42. The Labute approximate surface area is 117 Å². The first-order valence-corrected chi connectivity index (χ1v) is 7.65. The van der Waals surface area contributed by atoms with Gasteiger partial charge >= 0.3 is 0 Å². The zero-order valence-electron chi connectivity index (χ0n) is 12.7. The fraction of sp³-hybridized carbons (Fsp3) is 1.00. The molecule has 0 amide bonds. The third-order valence-electron chi connectivity index (χ3n) is 4.44. The Morgan fingerprint density at radius 3 is 2.68 bits per heavy atom. The van der Waals surface area contributed by atoms with Gasteiger partial charge < -0.3 is 20.1 Å². The van der Waals surface area contributed by atoms with Gasteiger partial charge in [-0.2, -0.15) is 0 Å². The van der Waals surface area contributed by atoms with Gasteiger partial charge in [-0.05, 0) is 46.7 Å². The van der Waals surface area contributed by atoms with Gasteiger partial charge in [-0.25, -0.2) is 0 Å². The maximum atomic E-state index is 10.3. The van der Waals surface area contributed by atoms with Gasteiger partial charge in [0.15, 0.2) is 0 Å². The molecule has 0 radical (unpaired) electrons. The fourth-order valence-electron chi connectivity index (χ4n) is 3.67. The van der Waals surface area contributed by atoms with Crippen LogP contribution < -0.4 is 5.32 Å². The number of hydrogen-bond acceptors (Lipinski definition) is 4. The van der Waals surface area contributed by atoms with Crippen molar-refractivity contribution in [3.8, 4) is 0 Å². The lowest BCUT2D eigenvalue weighted by atomic mass is 9.88. The molecule has 1 heterocycles. The number of aliphatic hydroxyl groups is 1. The first-order valence-electron chi connectivity index (χ1n) is 7.65. The summed E-state index contributed by atoms with van der Waals surface area (Å²) < 4.78 is 6.04. The second-order valence-electron chi connectivity index (χ2n) is 7.04. The van der Waals surface area contributed by atoms with E-state index in [1.54, 1.807) is 0 Å². The molecule has 2 atom stereocenters. The van der Waals surface area contributed by atoms with E-state index < -0.39 is 5.60 Å². The highest BCUT2D eigenvalue weighted by molar-refractivity contribution is 4.94. The topological polar surface area (TPSA) is 44.7 Å². The van der Waals surface area contributed by atoms with Crippen LogP contribution in [0.5, 0.6) is 0 Å². The van der Waals surface area contributed by atoms with Gasteiger partial charge in [0.1, 0.15) is 0 Å². The van der Waals surface area contributed by atoms with Crippen LogP contribution in [0.2, 0.25) is 0 Å². The second kappa shape index (κ2) is 6.08. The van der Waals surface area contributed by atoms with Crippen LogP contribution >= 0.6 is 0 Å². The number of nitrogens with zero attached hydrogens (tertiary/aromatic N) is 1. The van der Waals surface area contributed by atoms with Crippen molar-refractivity contribution in [2.75, 3.05) is 33.8 Å². The summed E-state index contributed by atoms with van der Waals surface area (Å²) in [5.41, 5.74) is -0.506. The molecule has 1 saturated heterocycles. The fourth-order valence-corrected chi connectivity index (χ4v) is 3.67. The number of likely N-dealkylation sites (N-methyl/N-ethyl adjacent to an activating group) is 1. The highest BCUT2D eigenvalue weighted by atomic mass is 16.5. The van der Waals surface area contributed by atoms with Crippen molar-refractivity contribution in [2.45, 2.75) is 62.7 Å². The molecule has 0 bridgehead atoms. The summed E-state index contributed by atoms with van der Waals surface area (Å²) in [5, 5.41) is 13.9. The first kappa shape index (κ1) is 15.2. The Morgan fingerprint density at radius 2 is 2.05 bits per heavy atom. The van der Waals surface area contributed by atoms with Crippen molar-refractivity contribution in [1.29, 1.82) is 0 Å². The molecule has 2 N–H and O–H groups in total. The van der Waals surface area contributed by atoms with Crippen molar-refractivity contribution >= 4 is 0 Å². The van der Waals surface area contributed by atoms with E-state index in [9.17, 15) is 5.11 Å². The highest BCUT2D eigenvalue weighted by Gasteiger charge is 2.40. The van der Waals surface area contributed by atoms with E-state index in [1.807, 2.05) is 25.9 Å². The molecule has 0 aromatic heterocycles. The van der Waals surface area contributed by atoms with Gasteiger partial charge in [-0.15, -0.1) is 0 Å². The lowest BCUT2D eigenvalue weighted by molar-refractivity contribution is -0.0861. The van der Waals surface area contributed by atoms with Crippen LogP contribution in [0, 0.1) is 0 Å². The molecule has 2 rings (SSSR count). The SMILES string of the molecule is CN(C)CC(C)(O)CNC1CCOC2(CCCC2)C1. The van der Waals surface area contributed by atoms with E-state index in [1.165, 1.54) is 25.7 Å². The average Bonchev–Trinajstić information content (AvgIpc) is 2.73. The molecule has 4 nitrogen and oxygen atoms in total. The lowest BCUT2D eigenvalue weighted by Crippen LogP contribution is -2.52. The molecule has 1 spiro atoms. The molecule has 0 aromatic rings. The summed E-state index contributed by atoms with van der Waals surface area (Å²) in [6.45, 7) is 4.12. The Hall–Kier alpha value is -0.160. The molecule has 0 aromatic carbocycles. The largest absolute Gasteiger partial charge is 0.388 e. The van der Waals surface area contributed by atoms with Gasteiger partial charge in [0, 0.05) is 25.7 Å². The van der Waals surface area contributed by atoms with Crippen LogP contribution in [0.3, 0.4) is 0 Å². The van der Waals surface area contributed by atoms with E-state index >= 15 is 0 Å². The molecule has 1 aliphatic heterocycles. The Kier molecular flexibility index (Phi) is 4.88. The van der Waals surface area contributed by atoms with Gasteiger partial charge in [-0.3, -0.25) is 0 Å². The van der Waals surface area contributed by atoms with Gasteiger partial charge in [0.2, 0.25) is 0 Å². The van der Waals surface area contributed by atoms with Crippen molar-refractivity contribution in [3.63, 3.8) is 0 Å². The summed E-state index contributed by atoms with van der Waals surface area (Å²) >= 11 is 0. The van der Waals surface area contributed by atoms with Gasteiger partial charge in [0.25, 0.3) is 0 Å². The van der Waals surface area contributed by atoms with Crippen molar-refractivity contribution in [1.82, 2.24) is 10.2 Å². The Bertz CT molecular complexity index is 286. The minimum absolute atomic E-state index is 0.156. The zero-order chi connectivity index (χ0) is 13.9. The standard InChI is InChI=1S/C15H30N2O2/c1-14(18,12-17(2)3)11-16-13-6-9-19-15(10-13)7-4-5-8-15/h13,16,18H,4-12H2,1-3H3. The second-order valence-corrected chi connectivity index (χ2v) is 7.04. The summed E-state index contributed by atoms with van der Waals surface area (Å²) in [7, 11) is 3.99. The monoisotopic (exact) mass is 270 g/mol. The molecule has 2 unspecified atom stereocenters. The van der Waals surface area contributed by atoms with Gasteiger partial charge in [-0.1, -0.05) is 12.8 Å². The van der Waals surface area contributed by atoms with Crippen LogP contribution in [-0.4, -0.2) is 61.0 Å². The molecule has 19 heavy (non-hydrogen) atoms. The van der Waals surface area contributed by atoms with Crippen LogP contribution in [0.25, 0.3) is 0 Å². The smallest absolute Gasteiger partial charge is 0.0869 e. The number of rotatable bonds is 5. The van der Waals surface area contributed by atoms with E-state index in [0.717, 1.165) is 19.4 Å². The highest BCUT2D eigenvalue weighted by Crippen LogP contribution is 2.39. The lowest BCUT2D eigenvalue weighted by Gasteiger charge is -2.40. The molecule has 1 aliphatic carbocycles. The normalized spacial score (nSPS) is 29.8. The molecule has 1 saturated carbocycles. The van der Waals surface area contributed by atoms with Crippen LogP contribution in [-0.2, 0) is 4.74 Å². The van der Waals surface area contributed by atoms with Crippen LogP contribution in [0.4, 0.5) is 0 Å². The van der Waals surface area contributed by atoms with E-state index in [2.05, 4.69) is 5.32 Å². The van der Waals surface area contributed by atoms with E-state index in [-0.39, 0.29) is 5.60 Å². The van der Waals surface area contributed by atoms with Gasteiger partial charge in [0.05, 0.1) is 11.2 Å². The molecular formula is C15H30N2O2. The molecule has 4 heteroatoms. The van der Waals surface area contributed by atoms with E-state index in [0.29, 0.717) is 19.1 Å². The number of ether oxygens (including phenoxy) is 1. The number of hydrogen-bond donors (Lipinski definition) is 2. The summed E-state index contributed by atoms with van der Waals surface area (Å²) in [4.78, 5) is 2.03. The third-order valence-corrected chi connectivity index (χ3v) is 4.44. The van der Waals surface area contributed by atoms with Crippen molar-refractivity contribution in [2.24, 2.45) is 0 Å². The average molecular weight is 270 g/mol. The Morgan fingerprint density at radius 1 is 1.37 bits per heavy atom. The molecule has 112 valence electrons. The minimum Gasteiger partial charge on any atom is -0.388 e. The van der Waals surface area contributed by atoms with Crippen LogP contribution in [0.15, 0.2) is 0 Å². The van der Waals surface area contributed by atoms with Crippen molar-refractivity contribution < 1.29 is 9.84 Å². The molecule has 2 aliphatic rings. The van der Waals surface area contributed by atoms with Crippen LogP contribution in [0.1, 0.15) is 45.4 Å². The van der Waals surface area contributed by atoms with E-state index in [4.69, 9.17) is 4.74 Å². The molecule has 2 fully saturated rings. The quantitative estimate of drug-likeness (QED) is 0.792. The zero-order valence-corrected chi connectivity index (χ0v) is 12.7. The molecular weight excluding hydrogens is 240 g/mol. The maximum Gasteiger partial charge on any atom is 0.0869 e. The minimum atomic E-state index is -0.662. The predicted molar refractivity (Wildman–Crippen MR) is 77.4 cm³/mol. The summed E-state index contributed by atoms with van der Waals surface area (Å²) in [5.74, 6) is 0. The predicted octanol–water partition coefficient (Wildman–Crippen LogP) is 1.38. The summed E-state index contributed by atoms with van der Waals surface area (Å²) in [6.07, 6.45) is 7.25. The summed E-state index contributed by atoms with van der Waals surface area (Å²) in [6, 6.07) is 0.500. The maximum absolute atomic E-state index is 10.3. The Balaban J connectivity index is 1.79. The van der Waals surface area contributed by atoms with Crippen molar-refractivity contribution in [3.05, 3.63) is 0 Å². The number of nitrogens with one attached hydrogen (secondary N) is 1.